The fourth-order valence-corrected chi connectivity index (χ4v) is 4.48. The van der Waals surface area contributed by atoms with Crippen molar-refractivity contribution in [2.45, 2.75) is 38.6 Å². The first-order valence-corrected chi connectivity index (χ1v) is 12.6. The van der Waals surface area contributed by atoms with E-state index in [0.29, 0.717) is 30.2 Å². The number of rotatable bonds is 10. The highest BCUT2D eigenvalue weighted by molar-refractivity contribution is 6.00. The molecule has 8 heteroatoms. The number of hydrogen-bond donors (Lipinski definition) is 3. The Hall–Kier alpha value is -4.59. The number of halogens is 2. The van der Waals surface area contributed by atoms with Gasteiger partial charge in [0.1, 0.15) is 11.6 Å². The fourth-order valence-electron chi connectivity index (χ4n) is 4.48. The van der Waals surface area contributed by atoms with E-state index in [1.54, 1.807) is 18.2 Å². The van der Waals surface area contributed by atoms with Crippen LogP contribution < -0.4 is 10.6 Å². The van der Waals surface area contributed by atoms with E-state index in [0.717, 1.165) is 34.0 Å². The second-order valence-corrected chi connectivity index (χ2v) is 9.36. The average molecular weight is 531 g/mol. The van der Waals surface area contributed by atoms with Gasteiger partial charge in [0.25, 0.3) is 5.91 Å². The van der Waals surface area contributed by atoms with Crippen molar-refractivity contribution in [1.29, 1.82) is 0 Å². The first-order valence-electron chi connectivity index (χ1n) is 12.6. The number of fused-ring (bicyclic) bond motifs is 1. The maximum absolute atomic E-state index is 13.5. The maximum atomic E-state index is 13.5. The van der Waals surface area contributed by atoms with E-state index < -0.39 is 29.4 Å². The highest BCUT2D eigenvalue weighted by Gasteiger charge is 2.19. The van der Waals surface area contributed by atoms with Crippen molar-refractivity contribution in [3.8, 4) is 0 Å². The Kier molecular flexibility index (Phi) is 8.66. The summed E-state index contributed by atoms with van der Waals surface area (Å²) in [6.45, 7) is 1.87. The summed E-state index contributed by atoms with van der Waals surface area (Å²) in [5, 5.41) is 16.7. The SMILES string of the molecule is CC(C(=O)Nc1cc(CNC(=O)c2cc(F)cc(F)c2)ccc1CCCC(=O)O)c1cccc2ccccc12. The zero-order chi connectivity index (χ0) is 27.9. The smallest absolute Gasteiger partial charge is 0.303 e. The number of hydrogen-bond acceptors (Lipinski definition) is 3. The normalized spacial score (nSPS) is 11.7. The van der Waals surface area contributed by atoms with E-state index in [9.17, 15) is 23.2 Å². The summed E-state index contributed by atoms with van der Waals surface area (Å²) in [5.74, 6) is -3.96. The van der Waals surface area contributed by atoms with Crippen molar-refractivity contribution in [3.63, 3.8) is 0 Å². The lowest BCUT2D eigenvalue weighted by Gasteiger charge is -2.18. The number of amides is 2. The summed E-state index contributed by atoms with van der Waals surface area (Å²) in [4.78, 5) is 36.8. The van der Waals surface area contributed by atoms with Gasteiger partial charge >= 0.3 is 5.97 Å². The summed E-state index contributed by atoms with van der Waals surface area (Å²) in [6.07, 6.45) is 0.805. The van der Waals surface area contributed by atoms with Crippen LogP contribution in [-0.2, 0) is 22.6 Å². The van der Waals surface area contributed by atoms with E-state index in [4.69, 9.17) is 5.11 Å². The minimum atomic E-state index is -0.904. The molecule has 39 heavy (non-hydrogen) atoms. The van der Waals surface area contributed by atoms with Gasteiger partial charge in [-0.2, -0.15) is 0 Å². The molecule has 0 aliphatic heterocycles. The van der Waals surface area contributed by atoms with Gasteiger partial charge in [0.2, 0.25) is 5.91 Å². The average Bonchev–Trinajstić information content (AvgIpc) is 2.91. The minimum Gasteiger partial charge on any atom is -0.481 e. The first-order chi connectivity index (χ1) is 18.7. The number of carboxylic acids is 1. The molecule has 6 nitrogen and oxygen atoms in total. The van der Waals surface area contributed by atoms with Gasteiger partial charge in [0, 0.05) is 30.3 Å². The number of carbonyl (C=O) groups is 3. The third kappa shape index (κ3) is 7.04. The van der Waals surface area contributed by atoms with Gasteiger partial charge in [-0.05, 0) is 65.4 Å². The lowest BCUT2D eigenvalue weighted by atomic mass is 9.94. The zero-order valence-electron chi connectivity index (χ0n) is 21.3. The topological polar surface area (TPSA) is 95.5 Å². The Labute approximate surface area is 224 Å². The highest BCUT2D eigenvalue weighted by atomic mass is 19.1. The van der Waals surface area contributed by atoms with Crippen LogP contribution in [0.3, 0.4) is 0 Å². The first kappa shape index (κ1) is 27.4. The van der Waals surface area contributed by atoms with E-state index in [2.05, 4.69) is 10.6 Å². The van der Waals surface area contributed by atoms with Crippen LogP contribution >= 0.6 is 0 Å². The third-order valence-corrected chi connectivity index (χ3v) is 6.53. The van der Waals surface area contributed by atoms with E-state index >= 15 is 0 Å². The van der Waals surface area contributed by atoms with E-state index in [1.807, 2.05) is 49.4 Å². The second-order valence-electron chi connectivity index (χ2n) is 9.36. The minimum absolute atomic E-state index is 0.0121. The standard InChI is InChI=1S/C31H28F2N2O4/c1-19(26-10-4-7-21-6-2-3-9-27(21)26)30(38)35-28-14-20(12-13-22(28)8-5-11-29(36)37)18-34-31(39)23-15-24(32)17-25(33)16-23/h2-4,6-7,9-10,12-17,19H,5,8,11,18H2,1H3,(H,34,39)(H,35,38)(H,36,37). The molecule has 4 aromatic rings. The van der Waals surface area contributed by atoms with Gasteiger partial charge in [0.15, 0.2) is 0 Å². The molecule has 0 bridgehead atoms. The number of nitrogens with one attached hydrogen (secondary N) is 2. The molecule has 0 aliphatic rings. The Morgan fingerprint density at radius 2 is 1.62 bits per heavy atom. The maximum Gasteiger partial charge on any atom is 0.303 e. The van der Waals surface area contributed by atoms with Gasteiger partial charge in [0.05, 0.1) is 5.92 Å². The van der Waals surface area contributed by atoms with Crippen molar-refractivity contribution in [2.24, 2.45) is 0 Å². The van der Waals surface area contributed by atoms with Crippen LogP contribution in [-0.4, -0.2) is 22.9 Å². The molecule has 0 heterocycles. The highest BCUT2D eigenvalue weighted by Crippen LogP contribution is 2.28. The zero-order valence-corrected chi connectivity index (χ0v) is 21.3. The fraction of sp³-hybridized carbons (Fsp3) is 0.194. The molecule has 0 spiro atoms. The lowest BCUT2D eigenvalue weighted by Crippen LogP contribution is -2.23. The Bertz CT molecular complexity index is 1510. The molecule has 0 aliphatic carbocycles. The van der Waals surface area contributed by atoms with Crippen LogP contribution in [0.15, 0.2) is 78.9 Å². The molecule has 0 fully saturated rings. The van der Waals surface area contributed by atoms with Crippen LogP contribution in [0, 0.1) is 11.6 Å². The number of benzene rings is 4. The molecule has 4 aromatic carbocycles. The van der Waals surface area contributed by atoms with Crippen molar-refractivity contribution in [3.05, 3.63) is 113 Å². The summed E-state index contributed by atoms with van der Waals surface area (Å²) >= 11 is 0. The van der Waals surface area contributed by atoms with Gasteiger partial charge in [-0.1, -0.05) is 54.6 Å². The second kappa shape index (κ2) is 12.3. The van der Waals surface area contributed by atoms with Crippen LogP contribution in [0.2, 0.25) is 0 Å². The molecule has 0 radical (unpaired) electrons. The van der Waals surface area contributed by atoms with Crippen molar-refractivity contribution in [2.75, 3.05) is 5.32 Å². The molecule has 2 amide bonds. The molecule has 1 unspecified atom stereocenters. The van der Waals surface area contributed by atoms with E-state index in [1.165, 1.54) is 0 Å². The number of aliphatic carboxylic acids is 1. The van der Waals surface area contributed by atoms with Crippen LogP contribution in [0.1, 0.15) is 52.7 Å². The Balaban J connectivity index is 1.54. The van der Waals surface area contributed by atoms with Crippen LogP contribution in [0.25, 0.3) is 10.8 Å². The predicted molar refractivity (Wildman–Crippen MR) is 146 cm³/mol. The number of aryl methyl sites for hydroxylation is 1. The summed E-state index contributed by atoms with van der Waals surface area (Å²) in [6, 6.07) is 21.5. The molecule has 0 aromatic heterocycles. The molecule has 1 atom stereocenters. The molecule has 4 rings (SSSR count). The van der Waals surface area contributed by atoms with Crippen molar-refractivity contribution < 1.29 is 28.3 Å². The third-order valence-electron chi connectivity index (χ3n) is 6.53. The largest absolute Gasteiger partial charge is 0.481 e. The molecule has 0 saturated carbocycles. The Morgan fingerprint density at radius 3 is 2.36 bits per heavy atom. The Morgan fingerprint density at radius 1 is 0.897 bits per heavy atom. The summed E-state index contributed by atoms with van der Waals surface area (Å²) < 4.78 is 27.0. The van der Waals surface area contributed by atoms with Crippen molar-refractivity contribution >= 4 is 34.2 Å². The predicted octanol–water partition coefficient (Wildman–Crippen LogP) is 6.20. The van der Waals surface area contributed by atoms with Gasteiger partial charge in [-0.15, -0.1) is 0 Å². The molecule has 0 saturated heterocycles. The molecule has 3 N–H and O–H groups in total. The summed E-state index contributed by atoms with van der Waals surface area (Å²) in [5.41, 5.74) is 2.66. The molecular formula is C31H28F2N2O4. The lowest BCUT2D eigenvalue weighted by molar-refractivity contribution is -0.137. The quantitative estimate of drug-likeness (QED) is 0.228. The number of carbonyl (C=O) groups excluding carboxylic acids is 2. The monoisotopic (exact) mass is 530 g/mol. The van der Waals surface area contributed by atoms with Gasteiger partial charge in [-0.25, -0.2) is 8.78 Å². The van der Waals surface area contributed by atoms with Crippen LogP contribution in [0.4, 0.5) is 14.5 Å². The molecule has 200 valence electrons. The summed E-state index contributed by atoms with van der Waals surface area (Å²) in [7, 11) is 0. The van der Waals surface area contributed by atoms with Crippen molar-refractivity contribution in [1.82, 2.24) is 5.32 Å². The van der Waals surface area contributed by atoms with Gasteiger partial charge in [-0.3, -0.25) is 14.4 Å². The number of carboxylic acid groups (broad SMARTS) is 1. The van der Waals surface area contributed by atoms with Gasteiger partial charge < -0.3 is 15.7 Å². The van der Waals surface area contributed by atoms with Crippen LogP contribution in [0.5, 0.6) is 0 Å². The molecular weight excluding hydrogens is 502 g/mol. The van der Waals surface area contributed by atoms with E-state index in [-0.39, 0.29) is 24.4 Å². The number of anilines is 1.